The lowest BCUT2D eigenvalue weighted by Gasteiger charge is -2.18. The lowest BCUT2D eigenvalue weighted by Crippen LogP contribution is -2.22. The van der Waals surface area contributed by atoms with Gasteiger partial charge in [0.2, 0.25) is 5.95 Å². The van der Waals surface area contributed by atoms with Crippen molar-refractivity contribution in [1.29, 1.82) is 0 Å². The average Bonchev–Trinajstić information content (AvgIpc) is 3.15. The maximum atomic E-state index is 10.8. The van der Waals surface area contributed by atoms with E-state index < -0.39 is 5.97 Å². The molecule has 1 aromatic heterocycles. The van der Waals surface area contributed by atoms with Crippen LogP contribution in [-0.4, -0.2) is 44.7 Å². The van der Waals surface area contributed by atoms with E-state index >= 15 is 0 Å². The van der Waals surface area contributed by atoms with Crippen LogP contribution in [0.5, 0.6) is 0 Å². The van der Waals surface area contributed by atoms with Crippen LogP contribution in [0.4, 0.5) is 5.95 Å². The van der Waals surface area contributed by atoms with E-state index in [4.69, 9.17) is 5.11 Å². The van der Waals surface area contributed by atoms with Gasteiger partial charge in [0.25, 0.3) is 0 Å². The standard InChI is InChI=1S/C14H16N4O2S/c19-12(20)10-21-14-16-15-13(17-8-4-5-9-17)18(14)11-6-2-1-3-7-11/h1-3,6-7H,4-5,8-10H2,(H,19,20). The highest BCUT2D eigenvalue weighted by Crippen LogP contribution is 2.28. The van der Waals surface area contributed by atoms with Crippen molar-refractivity contribution < 1.29 is 9.90 Å². The van der Waals surface area contributed by atoms with Gasteiger partial charge in [0.05, 0.1) is 11.4 Å². The number of anilines is 1. The quantitative estimate of drug-likeness (QED) is 0.852. The third-order valence-corrected chi connectivity index (χ3v) is 4.26. The van der Waals surface area contributed by atoms with Crippen LogP contribution in [0.15, 0.2) is 35.5 Å². The minimum Gasteiger partial charge on any atom is -0.481 e. The van der Waals surface area contributed by atoms with Gasteiger partial charge in [0.15, 0.2) is 5.16 Å². The van der Waals surface area contributed by atoms with E-state index in [9.17, 15) is 4.79 Å². The summed E-state index contributed by atoms with van der Waals surface area (Å²) in [4.78, 5) is 13.0. The minimum atomic E-state index is -0.856. The number of carboxylic acids is 1. The maximum Gasteiger partial charge on any atom is 0.313 e. The predicted octanol–water partition coefficient (Wildman–Crippen LogP) is 2.04. The molecule has 7 heteroatoms. The number of aliphatic carboxylic acids is 1. The summed E-state index contributed by atoms with van der Waals surface area (Å²) < 4.78 is 1.94. The van der Waals surface area contributed by atoms with Gasteiger partial charge in [-0.2, -0.15) is 0 Å². The molecule has 0 aliphatic carbocycles. The zero-order chi connectivity index (χ0) is 14.7. The van der Waals surface area contributed by atoms with Gasteiger partial charge in [-0.3, -0.25) is 9.36 Å². The lowest BCUT2D eigenvalue weighted by atomic mass is 10.3. The number of benzene rings is 1. The van der Waals surface area contributed by atoms with Gasteiger partial charge >= 0.3 is 5.97 Å². The van der Waals surface area contributed by atoms with Crippen LogP contribution >= 0.6 is 11.8 Å². The second-order valence-electron chi connectivity index (χ2n) is 4.83. The van der Waals surface area contributed by atoms with Crippen molar-refractivity contribution in [2.75, 3.05) is 23.7 Å². The SMILES string of the molecule is O=C(O)CSc1nnc(N2CCCC2)n1-c1ccccc1. The number of hydrogen-bond donors (Lipinski definition) is 1. The summed E-state index contributed by atoms with van der Waals surface area (Å²) in [6, 6.07) is 9.82. The Kier molecular flexibility index (Phi) is 4.10. The number of nitrogens with zero attached hydrogens (tertiary/aromatic N) is 4. The van der Waals surface area contributed by atoms with Crippen LogP contribution in [-0.2, 0) is 4.79 Å². The van der Waals surface area contributed by atoms with Crippen LogP contribution in [0.2, 0.25) is 0 Å². The second-order valence-corrected chi connectivity index (χ2v) is 5.77. The van der Waals surface area contributed by atoms with E-state index in [1.165, 1.54) is 11.8 Å². The molecule has 2 heterocycles. The first-order chi connectivity index (χ1) is 10.3. The normalized spacial score (nSPS) is 14.6. The number of rotatable bonds is 5. The highest BCUT2D eigenvalue weighted by molar-refractivity contribution is 7.99. The third kappa shape index (κ3) is 3.02. The highest BCUT2D eigenvalue weighted by atomic mass is 32.2. The van der Waals surface area contributed by atoms with Crippen molar-refractivity contribution in [2.45, 2.75) is 18.0 Å². The molecule has 0 saturated carbocycles. The zero-order valence-electron chi connectivity index (χ0n) is 11.5. The zero-order valence-corrected chi connectivity index (χ0v) is 12.3. The summed E-state index contributed by atoms with van der Waals surface area (Å²) >= 11 is 1.19. The van der Waals surface area contributed by atoms with Crippen molar-refractivity contribution in [2.24, 2.45) is 0 Å². The van der Waals surface area contributed by atoms with E-state index in [0.29, 0.717) is 5.16 Å². The van der Waals surface area contributed by atoms with Gasteiger partial charge in [0, 0.05) is 13.1 Å². The average molecular weight is 304 g/mol. The van der Waals surface area contributed by atoms with Gasteiger partial charge in [-0.05, 0) is 25.0 Å². The van der Waals surface area contributed by atoms with Gasteiger partial charge in [-0.1, -0.05) is 30.0 Å². The fraction of sp³-hybridized carbons (Fsp3) is 0.357. The second kappa shape index (κ2) is 6.17. The molecule has 0 unspecified atom stereocenters. The molecule has 0 radical (unpaired) electrons. The Bertz CT molecular complexity index is 623. The monoisotopic (exact) mass is 304 g/mol. The predicted molar refractivity (Wildman–Crippen MR) is 81.2 cm³/mol. The Morgan fingerprint density at radius 2 is 1.90 bits per heavy atom. The van der Waals surface area contributed by atoms with Gasteiger partial charge in [-0.15, -0.1) is 10.2 Å². The number of aromatic nitrogens is 3. The molecule has 2 aromatic rings. The summed E-state index contributed by atoms with van der Waals surface area (Å²) in [6.07, 6.45) is 2.30. The highest BCUT2D eigenvalue weighted by Gasteiger charge is 2.22. The van der Waals surface area contributed by atoms with Crippen molar-refractivity contribution >= 4 is 23.7 Å². The molecule has 110 valence electrons. The van der Waals surface area contributed by atoms with Crippen molar-refractivity contribution in [3.63, 3.8) is 0 Å². The molecule has 21 heavy (non-hydrogen) atoms. The first-order valence-electron chi connectivity index (χ1n) is 6.86. The molecule has 1 aromatic carbocycles. The number of para-hydroxylation sites is 1. The summed E-state index contributed by atoms with van der Waals surface area (Å²) in [5.41, 5.74) is 0.956. The first kappa shape index (κ1) is 13.9. The van der Waals surface area contributed by atoms with Gasteiger partial charge in [-0.25, -0.2) is 0 Å². The summed E-state index contributed by atoms with van der Waals surface area (Å²) in [7, 11) is 0. The van der Waals surface area contributed by atoms with Crippen molar-refractivity contribution in [3.05, 3.63) is 30.3 Å². The summed E-state index contributed by atoms with van der Waals surface area (Å²) in [6.45, 7) is 1.93. The Balaban J connectivity index is 1.98. The van der Waals surface area contributed by atoms with Crippen molar-refractivity contribution in [3.8, 4) is 5.69 Å². The van der Waals surface area contributed by atoms with Crippen LogP contribution < -0.4 is 4.90 Å². The molecule has 0 atom stereocenters. The summed E-state index contributed by atoms with van der Waals surface area (Å²) in [5.74, 6) is -0.0813. The molecule has 1 aliphatic rings. The fourth-order valence-corrected chi connectivity index (χ4v) is 3.07. The first-order valence-corrected chi connectivity index (χ1v) is 7.84. The topological polar surface area (TPSA) is 71.2 Å². The molecule has 1 aliphatic heterocycles. The largest absolute Gasteiger partial charge is 0.481 e. The molecule has 0 bridgehead atoms. The Morgan fingerprint density at radius 3 is 2.57 bits per heavy atom. The van der Waals surface area contributed by atoms with E-state index in [2.05, 4.69) is 15.1 Å². The number of hydrogen-bond acceptors (Lipinski definition) is 5. The molecular formula is C14H16N4O2S. The molecule has 0 spiro atoms. The van der Waals surface area contributed by atoms with Gasteiger partial charge < -0.3 is 10.0 Å². The fourth-order valence-electron chi connectivity index (χ4n) is 2.41. The van der Waals surface area contributed by atoms with E-state index in [0.717, 1.165) is 37.6 Å². The smallest absolute Gasteiger partial charge is 0.313 e. The van der Waals surface area contributed by atoms with Gasteiger partial charge in [0.1, 0.15) is 0 Å². The van der Waals surface area contributed by atoms with E-state index in [1.54, 1.807) is 0 Å². The lowest BCUT2D eigenvalue weighted by molar-refractivity contribution is -0.133. The molecular weight excluding hydrogens is 288 g/mol. The molecule has 6 nitrogen and oxygen atoms in total. The number of carbonyl (C=O) groups is 1. The molecule has 1 N–H and O–H groups in total. The van der Waals surface area contributed by atoms with Crippen LogP contribution in [0.25, 0.3) is 5.69 Å². The Hall–Kier alpha value is -2.02. The molecule has 3 rings (SSSR count). The van der Waals surface area contributed by atoms with Crippen LogP contribution in [0.3, 0.4) is 0 Å². The van der Waals surface area contributed by atoms with Crippen LogP contribution in [0, 0.1) is 0 Å². The molecule has 0 amide bonds. The minimum absolute atomic E-state index is 0.0229. The number of thioether (sulfide) groups is 1. The van der Waals surface area contributed by atoms with E-state index in [-0.39, 0.29) is 5.75 Å². The summed E-state index contributed by atoms with van der Waals surface area (Å²) in [5, 5.41) is 17.9. The van der Waals surface area contributed by atoms with E-state index in [1.807, 2.05) is 34.9 Å². The Labute approximate surface area is 126 Å². The molecule has 1 saturated heterocycles. The maximum absolute atomic E-state index is 10.8. The number of carboxylic acid groups (broad SMARTS) is 1. The molecule has 1 fully saturated rings. The van der Waals surface area contributed by atoms with Crippen molar-refractivity contribution in [1.82, 2.24) is 14.8 Å². The third-order valence-electron chi connectivity index (χ3n) is 3.34. The Morgan fingerprint density at radius 1 is 1.19 bits per heavy atom. The van der Waals surface area contributed by atoms with Crippen LogP contribution in [0.1, 0.15) is 12.8 Å².